The monoisotopic (exact) mass is 1030 g/mol. The minimum absolute atomic E-state index is 0.158. The summed E-state index contributed by atoms with van der Waals surface area (Å²) in [5, 5.41) is 2.37. The van der Waals surface area contributed by atoms with E-state index < -0.39 is 0 Å². The summed E-state index contributed by atoms with van der Waals surface area (Å²) in [4.78, 5) is 4.92. The lowest BCUT2D eigenvalue weighted by Crippen LogP contribution is -2.17. The Balaban J connectivity index is 0.985. The summed E-state index contributed by atoms with van der Waals surface area (Å²) in [6, 6.07) is 99.3. The third-order valence-electron chi connectivity index (χ3n) is 17.5. The molecule has 0 aliphatic heterocycles. The summed E-state index contributed by atoms with van der Waals surface area (Å²) in [5.74, 6) is 0. The third-order valence-corrected chi connectivity index (χ3v) is 17.5. The molecule has 2 heteroatoms. The Labute approximate surface area is 471 Å². The van der Waals surface area contributed by atoms with Gasteiger partial charge in [0.2, 0.25) is 0 Å². The van der Waals surface area contributed by atoms with Crippen LogP contribution in [0.1, 0.15) is 61.1 Å². The van der Waals surface area contributed by atoms with Crippen molar-refractivity contribution < 1.29 is 0 Å². The number of anilines is 6. The van der Waals surface area contributed by atoms with Crippen molar-refractivity contribution in [2.24, 2.45) is 0 Å². The zero-order chi connectivity index (χ0) is 54.3. The van der Waals surface area contributed by atoms with Gasteiger partial charge in [0.15, 0.2) is 0 Å². The van der Waals surface area contributed by atoms with E-state index >= 15 is 0 Å². The molecule has 80 heavy (non-hydrogen) atoms. The number of benzene rings is 12. The van der Waals surface area contributed by atoms with Crippen LogP contribution in [0.2, 0.25) is 0 Å². The van der Waals surface area contributed by atoms with Gasteiger partial charge in [-0.15, -0.1) is 0 Å². The molecular formula is C78H62N2. The van der Waals surface area contributed by atoms with Crippen LogP contribution in [0.5, 0.6) is 0 Å². The topological polar surface area (TPSA) is 6.48 Å². The number of aryl methyl sites for hydroxylation is 2. The van der Waals surface area contributed by atoms with E-state index in [1.807, 2.05) is 0 Å². The van der Waals surface area contributed by atoms with Gasteiger partial charge in [-0.2, -0.15) is 0 Å². The van der Waals surface area contributed by atoms with Gasteiger partial charge in [0, 0.05) is 44.7 Å². The van der Waals surface area contributed by atoms with Crippen molar-refractivity contribution >= 4 is 44.9 Å². The van der Waals surface area contributed by atoms with Crippen molar-refractivity contribution in [1.82, 2.24) is 0 Å². The molecule has 12 aromatic carbocycles. The minimum atomic E-state index is -0.274. The molecular weight excluding hydrogens is 965 g/mol. The van der Waals surface area contributed by atoms with Crippen LogP contribution in [0.4, 0.5) is 34.1 Å². The van der Waals surface area contributed by atoms with E-state index in [1.54, 1.807) is 0 Å². The lowest BCUT2D eigenvalue weighted by atomic mass is 9.79. The number of hydrogen-bond acceptors (Lipinski definition) is 2. The van der Waals surface area contributed by atoms with E-state index in [-0.39, 0.29) is 10.8 Å². The molecule has 0 fully saturated rings. The van der Waals surface area contributed by atoms with Crippen molar-refractivity contribution in [3.05, 3.63) is 300 Å². The largest absolute Gasteiger partial charge is 0.310 e. The van der Waals surface area contributed by atoms with E-state index in [9.17, 15) is 0 Å². The molecule has 2 nitrogen and oxygen atoms in total. The average Bonchev–Trinajstić information content (AvgIpc) is 3.21. The second-order valence-corrected chi connectivity index (χ2v) is 23.0. The van der Waals surface area contributed by atoms with Crippen molar-refractivity contribution in [2.45, 2.75) is 52.4 Å². The zero-order valence-corrected chi connectivity index (χ0v) is 46.3. The van der Waals surface area contributed by atoms with Crippen molar-refractivity contribution in [3.8, 4) is 66.8 Å². The van der Waals surface area contributed by atoms with Crippen LogP contribution in [-0.4, -0.2) is 0 Å². The summed E-state index contributed by atoms with van der Waals surface area (Å²) in [6.45, 7) is 14.1. The smallest absolute Gasteiger partial charge is 0.0540 e. The van der Waals surface area contributed by atoms with Gasteiger partial charge in [-0.1, -0.05) is 216 Å². The molecule has 0 amide bonds. The fourth-order valence-electron chi connectivity index (χ4n) is 13.3. The molecule has 0 spiro atoms. The van der Waals surface area contributed by atoms with Gasteiger partial charge >= 0.3 is 0 Å². The Morgan fingerprint density at radius 2 is 0.800 bits per heavy atom. The highest BCUT2D eigenvalue weighted by Gasteiger charge is 2.42. The number of para-hydroxylation sites is 1. The molecule has 0 unspecified atom stereocenters. The molecule has 0 heterocycles. The summed E-state index contributed by atoms with van der Waals surface area (Å²) in [5.41, 5.74) is 29.1. The lowest BCUT2D eigenvalue weighted by Gasteiger charge is -2.31. The van der Waals surface area contributed by atoms with Crippen LogP contribution in [0.15, 0.2) is 267 Å². The quantitative estimate of drug-likeness (QED) is 0.135. The highest BCUT2D eigenvalue weighted by molar-refractivity contribution is 6.01. The van der Waals surface area contributed by atoms with Gasteiger partial charge in [-0.25, -0.2) is 0 Å². The summed E-state index contributed by atoms with van der Waals surface area (Å²) in [6.07, 6.45) is 0. The minimum Gasteiger partial charge on any atom is -0.310 e. The number of rotatable bonds is 10. The maximum atomic E-state index is 2.55. The van der Waals surface area contributed by atoms with Crippen LogP contribution in [0.25, 0.3) is 77.5 Å². The van der Waals surface area contributed by atoms with Crippen LogP contribution in [0.3, 0.4) is 0 Å². The van der Waals surface area contributed by atoms with Gasteiger partial charge in [0.05, 0.1) is 5.69 Å². The van der Waals surface area contributed by atoms with Crippen LogP contribution in [0, 0.1) is 13.8 Å². The normalized spacial score (nSPS) is 13.3. The number of hydrogen-bond donors (Lipinski definition) is 0. The standard InChI is InChI=1S/C78H62N2/c1-51-22-16-18-31-64(51)68-48-61(40-36-52(68)2)80(75-35-20-28-55-27-17-19-32-65(55)75)63-45-58(44-62(47-63)79(59-29-14-9-15-30-59)60-41-37-54(38-42-60)53-23-10-7-11-24-53)57-39-43-67-69-49-74-70(50-73(69)78(5,6)72(67)46-57)76-66(56-25-12-8-13-26-56)33-21-34-71(76)77(74,3)4/h7-50H,1-6H3. The molecule has 0 saturated carbocycles. The zero-order valence-electron chi connectivity index (χ0n) is 46.3. The van der Waals surface area contributed by atoms with E-state index in [2.05, 4.69) is 318 Å². The molecule has 384 valence electrons. The molecule has 0 aromatic heterocycles. The fourth-order valence-corrected chi connectivity index (χ4v) is 13.3. The SMILES string of the molecule is Cc1ccccc1-c1cc(N(c2cc(-c3ccc4c(c3)C(C)(C)c3cc5c(cc3-4)C(C)(C)c3cccc(-c4ccccc4)c3-5)cc(N(c3ccccc3)c3ccc(-c4ccccc4)cc3)c2)c2cccc3ccccc23)ccc1C. The maximum absolute atomic E-state index is 2.55. The highest BCUT2D eigenvalue weighted by atomic mass is 15.2. The second kappa shape index (κ2) is 19.1. The van der Waals surface area contributed by atoms with Gasteiger partial charge in [0.25, 0.3) is 0 Å². The summed E-state index contributed by atoms with van der Waals surface area (Å²) in [7, 11) is 0. The molecule has 0 radical (unpaired) electrons. The Bertz CT molecular complexity index is 4350. The van der Waals surface area contributed by atoms with Gasteiger partial charge in [-0.05, 0) is 198 Å². The molecule has 0 atom stereocenters. The van der Waals surface area contributed by atoms with E-state index in [1.165, 1.54) is 105 Å². The van der Waals surface area contributed by atoms with Gasteiger partial charge in [-0.3, -0.25) is 0 Å². The van der Waals surface area contributed by atoms with E-state index in [4.69, 9.17) is 0 Å². The van der Waals surface area contributed by atoms with Gasteiger partial charge in [0.1, 0.15) is 0 Å². The molecule has 2 aliphatic rings. The molecule has 0 bridgehead atoms. The Morgan fingerprint density at radius 3 is 1.56 bits per heavy atom. The maximum Gasteiger partial charge on any atom is 0.0540 e. The number of nitrogens with zero attached hydrogens (tertiary/aromatic N) is 2. The van der Waals surface area contributed by atoms with Crippen molar-refractivity contribution in [2.75, 3.05) is 9.80 Å². The van der Waals surface area contributed by atoms with Crippen LogP contribution >= 0.6 is 0 Å². The predicted molar refractivity (Wildman–Crippen MR) is 340 cm³/mol. The molecule has 14 rings (SSSR count). The molecule has 12 aromatic rings. The van der Waals surface area contributed by atoms with Crippen molar-refractivity contribution in [1.29, 1.82) is 0 Å². The predicted octanol–water partition coefficient (Wildman–Crippen LogP) is 21.7. The number of fused-ring (bicyclic) bond motifs is 7. The first-order valence-electron chi connectivity index (χ1n) is 28.2. The third kappa shape index (κ3) is 8.08. The van der Waals surface area contributed by atoms with Gasteiger partial charge < -0.3 is 9.80 Å². The first-order chi connectivity index (χ1) is 39.0. The Kier molecular flexibility index (Phi) is 11.7. The Morgan fingerprint density at radius 1 is 0.263 bits per heavy atom. The molecule has 0 saturated heterocycles. The van der Waals surface area contributed by atoms with E-state index in [0.717, 1.165) is 39.7 Å². The van der Waals surface area contributed by atoms with E-state index in [0.29, 0.717) is 0 Å². The fraction of sp³-hybridized carbons (Fsp3) is 0.103. The Hall–Kier alpha value is -9.50. The highest BCUT2D eigenvalue weighted by Crippen LogP contribution is 2.58. The average molecular weight is 1030 g/mol. The second-order valence-electron chi connectivity index (χ2n) is 23.0. The lowest BCUT2D eigenvalue weighted by molar-refractivity contribution is 0.652. The van der Waals surface area contributed by atoms with Crippen LogP contribution in [-0.2, 0) is 10.8 Å². The molecule has 0 N–H and O–H groups in total. The summed E-state index contributed by atoms with van der Waals surface area (Å²) >= 11 is 0. The molecule has 2 aliphatic carbocycles. The first-order valence-corrected chi connectivity index (χ1v) is 28.2. The first kappa shape index (κ1) is 48.8. The summed E-state index contributed by atoms with van der Waals surface area (Å²) < 4.78 is 0. The van der Waals surface area contributed by atoms with Crippen LogP contribution < -0.4 is 9.80 Å². The van der Waals surface area contributed by atoms with Crippen molar-refractivity contribution in [3.63, 3.8) is 0 Å².